The van der Waals surface area contributed by atoms with Crippen molar-refractivity contribution in [2.75, 3.05) is 18.0 Å². The van der Waals surface area contributed by atoms with Gasteiger partial charge in [-0.2, -0.15) is 13.2 Å². The van der Waals surface area contributed by atoms with Crippen molar-refractivity contribution in [2.24, 2.45) is 0 Å². The van der Waals surface area contributed by atoms with Crippen molar-refractivity contribution >= 4 is 5.82 Å². The van der Waals surface area contributed by atoms with Gasteiger partial charge in [-0.3, -0.25) is 0 Å². The van der Waals surface area contributed by atoms with E-state index in [-0.39, 0.29) is 6.40 Å². The van der Waals surface area contributed by atoms with Crippen LogP contribution in [0, 0.1) is 0 Å². The highest BCUT2D eigenvalue weighted by Gasteiger charge is 2.32. The van der Waals surface area contributed by atoms with Crippen LogP contribution in [-0.4, -0.2) is 18.1 Å². The first-order valence-electron chi connectivity index (χ1n) is 5.76. The molecule has 0 unspecified atom stereocenters. The molecule has 2 rings (SSSR count). The van der Waals surface area contributed by atoms with Crippen LogP contribution in [0.1, 0.15) is 26.3 Å². The molecule has 0 saturated carbocycles. The fourth-order valence-electron chi connectivity index (χ4n) is 1.73. The van der Waals surface area contributed by atoms with Gasteiger partial charge in [-0.15, -0.1) is 0 Å². The molecule has 0 spiro atoms. The van der Waals surface area contributed by atoms with Gasteiger partial charge in [0, 0.05) is 14.5 Å². The van der Waals surface area contributed by atoms with Gasteiger partial charge >= 0.3 is 6.18 Å². The van der Waals surface area contributed by atoms with Crippen molar-refractivity contribution in [1.29, 1.82) is 0 Å². The van der Waals surface area contributed by atoms with Crippen LogP contribution in [0.4, 0.5) is 19.0 Å². The van der Waals surface area contributed by atoms with E-state index in [1.165, 1.54) is 6.07 Å². The number of piperidine rings is 1. The van der Waals surface area contributed by atoms with Crippen LogP contribution in [0.2, 0.25) is 0 Å². The normalized spacial score (nSPS) is 23.1. The van der Waals surface area contributed by atoms with E-state index in [1.807, 2.05) is 0 Å². The van der Waals surface area contributed by atoms with Gasteiger partial charge < -0.3 is 4.90 Å². The van der Waals surface area contributed by atoms with E-state index in [1.54, 1.807) is 11.0 Å². The van der Waals surface area contributed by atoms with E-state index in [2.05, 4.69) is 4.98 Å². The average Bonchev–Trinajstić information content (AvgIpc) is 2.28. The fraction of sp³-hybridized carbons (Fsp3) is 0.545. The highest BCUT2D eigenvalue weighted by molar-refractivity contribution is 5.40. The first-order valence-corrected chi connectivity index (χ1v) is 5.18. The van der Waals surface area contributed by atoms with E-state index in [0.717, 1.165) is 18.9 Å². The summed E-state index contributed by atoms with van der Waals surface area (Å²) in [4.78, 5) is 5.37. The molecule has 1 aliphatic heterocycles. The van der Waals surface area contributed by atoms with Gasteiger partial charge in [0.25, 0.3) is 0 Å². The van der Waals surface area contributed by atoms with Gasteiger partial charge in [0.05, 0.1) is 0 Å². The predicted molar refractivity (Wildman–Crippen MR) is 55.3 cm³/mol. The van der Waals surface area contributed by atoms with Crippen LogP contribution >= 0.6 is 0 Å². The maximum Gasteiger partial charge on any atom is 0.433 e. The van der Waals surface area contributed by atoms with Crippen LogP contribution < -0.4 is 4.90 Å². The Hall–Kier alpha value is -1.26. The molecule has 1 saturated heterocycles. The second-order valence-corrected chi connectivity index (χ2v) is 3.76. The van der Waals surface area contributed by atoms with E-state index in [4.69, 9.17) is 1.37 Å². The molecule has 0 radical (unpaired) electrons. The summed E-state index contributed by atoms with van der Waals surface area (Å²) in [6, 6.07) is 3.89. The Bertz CT molecular complexity index is 395. The monoisotopic (exact) mass is 231 g/mol. The molecule has 0 aromatic carbocycles. The molecular formula is C11H13F3N2. The topological polar surface area (TPSA) is 16.1 Å². The number of pyridine rings is 1. The fourth-order valence-corrected chi connectivity index (χ4v) is 1.73. The number of hydrogen-bond donors (Lipinski definition) is 0. The van der Waals surface area contributed by atoms with Crippen molar-refractivity contribution in [3.05, 3.63) is 23.9 Å². The van der Waals surface area contributed by atoms with Crippen LogP contribution in [0.3, 0.4) is 0 Å². The molecule has 1 aromatic heterocycles. The largest absolute Gasteiger partial charge is 0.433 e. The van der Waals surface area contributed by atoms with Gasteiger partial charge in [0.2, 0.25) is 0 Å². The number of aromatic nitrogens is 1. The molecule has 5 heteroatoms. The van der Waals surface area contributed by atoms with Gasteiger partial charge in [0.1, 0.15) is 11.5 Å². The quantitative estimate of drug-likeness (QED) is 0.738. The van der Waals surface area contributed by atoms with Crippen LogP contribution in [0.15, 0.2) is 18.2 Å². The van der Waals surface area contributed by atoms with Crippen molar-refractivity contribution in [3.8, 4) is 0 Å². The zero-order chi connectivity index (χ0) is 12.5. The zero-order valence-electron chi connectivity index (χ0n) is 9.67. The first kappa shape index (κ1) is 9.93. The molecule has 16 heavy (non-hydrogen) atoms. The summed E-state index contributed by atoms with van der Waals surface area (Å²) in [5.41, 5.74) is -0.873. The van der Waals surface area contributed by atoms with Crippen molar-refractivity contribution in [3.63, 3.8) is 0 Å². The SMILES string of the molecule is [2H][C@@H]1CCCN(c2cccc(C(F)(F)F)n2)C1. The highest BCUT2D eigenvalue weighted by atomic mass is 19.4. The van der Waals surface area contributed by atoms with Crippen molar-refractivity contribution < 1.29 is 14.5 Å². The Balaban J connectivity index is 2.21. The van der Waals surface area contributed by atoms with E-state index in [0.29, 0.717) is 18.9 Å². The minimum absolute atomic E-state index is 0.236. The second kappa shape index (κ2) is 4.31. The lowest BCUT2D eigenvalue weighted by atomic mass is 10.1. The Kier molecular flexibility index (Phi) is 2.68. The Morgan fingerprint density at radius 2 is 2.06 bits per heavy atom. The van der Waals surface area contributed by atoms with Crippen LogP contribution in [-0.2, 0) is 6.18 Å². The number of hydrogen-bond acceptors (Lipinski definition) is 2. The molecule has 1 atom stereocenters. The Morgan fingerprint density at radius 3 is 2.75 bits per heavy atom. The Labute approximate surface area is 93.5 Å². The highest BCUT2D eigenvalue weighted by Crippen LogP contribution is 2.29. The standard InChI is InChI=1S/C11H13F3N2/c12-11(13,14)9-5-4-6-10(15-9)16-7-2-1-3-8-16/h4-6H,1-3,7-8H2/i2D/t2-/m1/s1. The number of nitrogens with zero attached hydrogens (tertiary/aromatic N) is 2. The van der Waals surface area contributed by atoms with Gasteiger partial charge in [0.15, 0.2) is 0 Å². The summed E-state index contributed by atoms with van der Waals surface area (Å²) >= 11 is 0. The lowest BCUT2D eigenvalue weighted by molar-refractivity contribution is -0.141. The number of rotatable bonds is 1. The minimum atomic E-state index is -4.41. The van der Waals surface area contributed by atoms with Crippen molar-refractivity contribution in [2.45, 2.75) is 25.4 Å². The summed E-state index contributed by atoms with van der Waals surface area (Å²) in [7, 11) is 0. The molecule has 2 nitrogen and oxygen atoms in total. The zero-order valence-corrected chi connectivity index (χ0v) is 8.67. The molecule has 1 aliphatic rings. The molecule has 1 fully saturated rings. The summed E-state index contributed by atoms with van der Waals surface area (Å²) in [5.74, 6) is 0.316. The molecule has 0 amide bonds. The molecule has 1 aromatic rings. The van der Waals surface area contributed by atoms with Crippen LogP contribution in [0.5, 0.6) is 0 Å². The van der Waals surface area contributed by atoms with E-state index < -0.39 is 11.9 Å². The third-order valence-corrected chi connectivity index (χ3v) is 2.53. The molecule has 88 valence electrons. The summed E-state index contributed by atoms with van der Waals surface area (Å²) < 4.78 is 45.1. The molecular weight excluding hydrogens is 217 g/mol. The van der Waals surface area contributed by atoms with E-state index in [9.17, 15) is 13.2 Å². The van der Waals surface area contributed by atoms with E-state index >= 15 is 0 Å². The maximum absolute atomic E-state index is 12.5. The third-order valence-electron chi connectivity index (χ3n) is 2.53. The number of halogens is 3. The molecule has 0 aliphatic carbocycles. The molecule has 2 heterocycles. The lowest BCUT2D eigenvalue weighted by Gasteiger charge is -2.28. The smallest absolute Gasteiger partial charge is 0.357 e. The van der Waals surface area contributed by atoms with Gasteiger partial charge in [-0.1, -0.05) is 6.07 Å². The minimum Gasteiger partial charge on any atom is -0.357 e. The molecule has 0 bridgehead atoms. The second-order valence-electron chi connectivity index (χ2n) is 3.76. The number of anilines is 1. The average molecular weight is 231 g/mol. The van der Waals surface area contributed by atoms with Gasteiger partial charge in [-0.25, -0.2) is 4.98 Å². The summed E-state index contributed by atoms with van der Waals surface area (Å²) in [6.07, 6.45) is -3.02. The summed E-state index contributed by atoms with van der Waals surface area (Å²) in [5, 5.41) is 0. The van der Waals surface area contributed by atoms with Crippen molar-refractivity contribution in [1.82, 2.24) is 4.98 Å². The number of alkyl halides is 3. The molecule has 0 N–H and O–H groups in total. The predicted octanol–water partition coefficient (Wildman–Crippen LogP) is 3.09. The lowest BCUT2D eigenvalue weighted by Crippen LogP contribution is -2.30. The maximum atomic E-state index is 12.5. The van der Waals surface area contributed by atoms with Gasteiger partial charge in [-0.05, 0) is 31.4 Å². The Morgan fingerprint density at radius 1 is 1.25 bits per heavy atom. The van der Waals surface area contributed by atoms with Crippen LogP contribution in [0.25, 0.3) is 0 Å². The first-order chi connectivity index (χ1) is 7.97. The third kappa shape index (κ3) is 2.46. The summed E-state index contributed by atoms with van der Waals surface area (Å²) in [6.45, 7) is 1.12.